The van der Waals surface area contributed by atoms with E-state index in [0.29, 0.717) is 46.3 Å². The topological polar surface area (TPSA) is 123 Å². The number of amides is 1. The van der Waals surface area contributed by atoms with Crippen molar-refractivity contribution in [2.75, 3.05) is 25.0 Å². The van der Waals surface area contributed by atoms with Crippen molar-refractivity contribution in [1.29, 1.82) is 0 Å². The van der Waals surface area contributed by atoms with Crippen molar-refractivity contribution in [2.24, 2.45) is 0 Å². The van der Waals surface area contributed by atoms with Crippen molar-refractivity contribution < 1.29 is 18.7 Å². The van der Waals surface area contributed by atoms with E-state index in [1.165, 1.54) is 6.07 Å². The van der Waals surface area contributed by atoms with Gasteiger partial charge in [0.15, 0.2) is 0 Å². The summed E-state index contributed by atoms with van der Waals surface area (Å²) in [6, 6.07) is 19.5. The Morgan fingerprint density at radius 1 is 1.12 bits per heavy atom. The van der Waals surface area contributed by atoms with E-state index < -0.39 is 5.82 Å². The summed E-state index contributed by atoms with van der Waals surface area (Å²) >= 11 is 5.87. The second-order valence-corrected chi connectivity index (χ2v) is 13.1. The number of carbonyl (C=O) groups excluding carboxylic acids is 1. The minimum Gasteiger partial charge on any atom is -0.473 e. The molecule has 8 rings (SSSR count). The summed E-state index contributed by atoms with van der Waals surface area (Å²) in [6.07, 6.45) is 4.15. The van der Waals surface area contributed by atoms with Crippen LogP contribution in [0.15, 0.2) is 72.8 Å². The maximum atomic E-state index is 14.2. The van der Waals surface area contributed by atoms with Gasteiger partial charge < -0.3 is 19.4 Å². The zero-order valence-corrected chi connectivity index (χ0v) is 28.1. The van der Waals surface area contributed by atoms with Crippen LogP contribution in [0.4, 0.5) is 10.1 Å². The van der Waals surface area contributed by atoms with E-state index in [4.69, 9.17) is 31.0 Å². The number of carbonyl (C=O) groups is 1. The molecule has 50 heavy (non-hydrogen) atoms. The number of aryl methyl sites for hydroxylation is 1. The Morgan fingerprint density at radius 2 is 2.02 bits per heavy atom. The van der Waals surface area contributed by atoms with Crippen LogP contribution in [0.25, 0.3) is 27.6 Å². The Balaban J connectivity index is 0.968. The Labute approximate surface area is 292 Å². The van der Waals surface area contributed by atoms with E-state index in [1.54, 1.807) is 24.3 Å². The number of aromatic amines is 1. The first-order valence-electron chi connectivity index (χ1n) is 16.6. The molecule has 11 nitrogen and oxygen atoms in total. The molecule has 2 N–H and O–H groups in total. The third-order valence-electron chi connectivity index (χ3n) is 9.26. The van der Waals surface area contributed by atoms with Gasteiger partial charge in [0, 0.05) is 47.6 Å². The quantitative estimate of drug-likeness (QED) is 0.162. The third-order valence-corrected chi connectivity index (χ3v) is 9.50. The largest absolute Gasteiger partial charge is 0.473 e. The van der Waals surface area contributed by atoms with Gasteiger partial charge in [-0.05, 0) is 79.4 Å². The van der Waals surface area contributed by atoms with Crippen molar-refractivity contribution in [2.45, 2.75) is 45.6 Å². The highest BCUT2D eigenvalue weighted by atomic mass is 35.5. The number of hydrogen-bond donors (Lipinski definition) is 2. The van der Waals surface area contributed by atoms with Gasteiger partial charge in [-0.25, -0.2) is 14.4 Å². The number of rotatable bonds is 10. The maximum Gasteiger partial charge on any atom is 0.255 e. The van der Waals surface area contributed by atoms with Gasteiger partial charge in [-0.15, -0.1) is 5.10 Å². The minimum atomic E-state index is -0.406. The van der Waals surface area contributed by atoms with E-state index >= 15 is 0 Å². The second kappa shape index (κ2) is 13.6. The maximum absolute atomic E-state index is 14.2. The van der Waals surface area contributed by atoms with E-state index in [0.717, 1.165) is 71.7 Å². The molecular formula is C37H34ClFN8O3. The van der Waals surface area contributed by atoms with Crippen molar-refractivity contribution in [3.8, 4) is 5.88 Å². The molecule has 0 unspecified atom stereocenters. The molecular weight excluding hydrogens is 659 g/mol. The number of pyridine rings is 1. The molecule has 6 aromatic rings. The van der Waals surface area contributed by atoms with Gasteiger partial charge in [0.25, 0.3) is 5.91 Å². The monoisotopic (exact) mass is 692 g/mol. The lowest BCUT2D eigenvalue weighted by Crippen LogP contribution is -2.33. The summed E-state index contributed by atoms with van der Waals surface area (Å²) in [5.74, 6) is 0.740. The van der Waals surface area contributed by atoms with Gasteiger partial charge in [0.05, 0.1) is 41.4 Å². The number of ether oxygens (including phenoxy) is 2. The van der Waals surface area contributed by atoms with Gasteiger partial charge in [-0.1, -0.05) is 35.0 Å². The molecule has 2 aliphatic heterocycles. The number of H-pyrrole nitrogens is 1. The molecule has 2 aliphatic rings. The molecule has 0 aliphatic carbocycles. The highest BCUT2D eigenvalue weighted by molar-refractivity contribution is 6.30. The van der Waals surface area contributed by atoms with Gasteiger partial charge in [0.2, 0.25) is 5.88 Å². The molecule has 5 heterocycles. The van der Waals surface area contributed by atoms with E-state index in [1.807, 2.05) is 43.3 Å². The average Bonchev–Trinajstić information content (AvgIpc) is 3.71. The van der Waals surface area contributed by atoms with Crippen molar-refractivity contribution in [3.63, 3.8) is 0 Å². The van der Waals surface area contributed by atoms with Gasteiger partial charge in [0.1, 0.15) is 23.8 Å². The van der Waals surface area contributed by atoms with E-state index in [-0.39, 0.29) is 18.6 Å². The van der Waals surface area contributed by atoms with Gasteiger partial charge in [-0.3, -0.25) is 14.8 Å². The molecule has 1 amide bonds. The van der Waals surface area contributed by atoms with Crippen molar-refractivity contribution in [1.82, 2.24) is 34.8 Å². The molecule has 3 aromatic heterocycles. The van der Waals surface area contributed by atoms with Crippen LogP contribution < -0.4 is 10.1 Å². The molecule has 0 bridgehead atoms. The summed E-state index contributed by atoms with van der Waals surface area (Å²) < 4.78 is 28.1. The van der Waals surface area contributed by atoms with Crippen molar-refractivity contribution in [3.05, 3.63) is 112 Å². The van der Waals surface area contributed by atoms with E-state index in [2.05, 4.69) is 36.3 Å². The lowest BCUT2D eigenvalue weighted by atomic mass is 10.0. The van der Waals surface area contributed by atoms with Crippen LogP contribution in [-0.2, 0) is 24.4 Å². The molecule has 254 valence electrons. The Morgan fingerprint density at radius 3 is 2.82 bits per heavy atom. The van der Waals surface area contributed by atoms with Crippen LogP contribution in [0, 0.1) is 12.7 Å². The molecule has 0 spiro atoms. The summed E-state index contributed by atoms with van der Waals surface area (Å²) in [7, 11) is 0. The molecule has 0 saturated carbocycles. The second-order valence-electron chi connectivity index (χ2n) is 12.7. The van der Waals surface area contributed by atoms with E-state index in [9.17, 15) is 9.18 Å². The molecule has 1 saturated heterocycles. The number of benzene rings is 3. The summed E-state index contributed by atoms with van der Waals surface area (Å²) in [5, 5.41) is 14.2. The third kappa shape index (κ3) is 6.69. The van der Waals surface area contributed by atoms with Gasteiger partial charge in [-0.2, -0.15) is 0 Å². The lowest BCUT2D eigenvalue weighted by Gasteiger charge is -2.29. The van der Waals surface area contributed by atoms with Crippen LogP contribution in [0.5, 0.6) is 5.88 Å². The van der Waals surface area contributed by atoms with Crippen LogP contribution in [-0.4, -0.2) is 66.6 Å². The lowest BCUT2D eigenvalue weighted by molar-refractivity contribution is -0.0591. The summed E-state index contributed by atoms with van der Waals surface area (Å²) in [5.41, 5.74) is 7.79. The minimum absolute atomic E-state index is 0.0606. The highest BCUT2D eigenvalue weighted by Crippen LogP contribution is 2.28. The first kappa shape index (κ1) is 32.1. The van der Waals surface area contributed by atoms with Crippen LogP contribution in [0.3, 0.4) is 0 Å². The Hall–Kier alpha value is -5.17. The Bertz CT molecular complexity index is 2260. The normalized spacial score (nSPS) is 16.4. The van der Waals surface area contributed by atoms with Crippen molar-refractivity contribution >= 4 is 50.8 Å². The summed E-state index contributed by atoms with van der Waals surface area (Å²) in [4.78, 5) is 25.4. The molecule has 13 heteroatoms. The van der Waals surface area contributed by atoms with Crippen LogP contribution >= 0.6 is 11.6 Å². The fraction of sp³-hybridized carbons (Fsp3) is 0.270. The smallest absolute Gasteiger partial charge is 0.255 e. The number of nitrogens with one attached hydrogen (secondary N) is 2. The number of aromatic nitrogens is 6. The number of hydrogen-bond acceptors (Lipinski definition) is 8. The summed E-state index contributed by atoms with van der Waals surface area (Å²) in [6.45, 7) is 5.68. The first-order valence-corrected chi connectivity index (χ1v) is 16.9. The fourth-order valence-electron chi connectivity index (χ4n) is 6.43. The first-order chi connectivity index (χ1) is 24.4. The SMILES string of the molecule is Cc1cc(NC(=O)c2ccc3c(c2)nc(CN2CC=C(c4cccc(OCc5ccc(Cl)cc5F)n4)CC2)n3C[C@@H]2CCO2)cc2nn[nH]c12. The van der Waals surface area contributed by atoms with Crippen LogP contribution in [0.1, 0.15) is 45.8 Å². The number of anilines is 1. The molecule has 3 aromatic carbocycles. The molecule has 1 fully saturated rings. The number of nitrogens with zero attached hydrogens (tertiary/aromatic N) is 6. The zero-order valence-electron chi connectivity index (χ0n) is 27.3. The number of fused-ring (bicyclic) bond motifs is 2. The number of halogens is 2. The predicted molar refractivity (Wildman–Crippen MR) is 189 cm³/mol. The zero-order chi connectivity index (χ0) is 34.2. The highest BCUT2D eigenvalue weighted by Gasteiger charge is 2.24. The predicted octanol–water partition coefficient (Wildman–Crippen LogP) is 6.71. The fourth-order valence-corrected chi connectivity index (χ4v) is 6.59. The average molecular weight is 693 g/mol. The number of imidazole rings is 1. The Kier molecular flexibility index (Phi) is 8.73. The van der Waals surface area contributed by atoms with Crippen LogP contribution in [0.2, 0.25) is 5.02 Å². The van der Waals surface area contributed by atoms with Gasteiger partial charge >= 0.3 is 0 Å². The molecule has 1 atom stereocenters. The molecule has 0 radical (unpaired) electrons. The standard InChI is InChI=1S/C37H34ClFN8O3/c1-22-15-27(18-32-36(22)44-45-43-32)40-37(48)24-6-8-33-31(16-24)41-34(47(33)19-28-11-14-49-28)20-46-12-9-23(10-13-46)30-3-2-4-35(42-30)50-21-25-5-7-26(38)17-29(25)39/h2-9,15-18,28H,10-14,19-21H2,1H3,(H,40,48)(H,43,44,45)/t28-/m0/s1.